The van der Waals surface area contributed by atoms with E-state index in [9.17, 15) is 0 Å². The molecule has 1 aromatic carbocycles. The fourth-order valence-electron chi connectivity index (χ4n) is 1.80. The fraction of sp³-hybridized carbons (Fsp3) is 0.538. The third kappa shape index (κ3) is 2.96. The van der Waals surface area contributed by atoms with Crippen molar-refractivity contribution in [3.8, 4) is 5.75 Å². The van der Waals surface area contributed by atoms with Crippen LogP contribution in [0.1, 0.15) is 24.0 Å². The highest BCUT2D eigenvalue weighted by molar-refractivity contribution is 5.36. The topological polar surface area (TPSA) is 21.3 Å². The summed E-state index contributed by atoms with van der Waals surface area (Å²) < 4.78 is 5.24. The van der Waals surface area contributed by atoms with Crippen molar-refractivity contribution in [2.24, 2.45) is 0 Å². The van der Waals surface area contributed by atoms with Crippen LogP contribution in [0.3, 0.4) is 0 Å². The van der Waals surface area contributed by atoms with E-state index in [1.54, 1.807) is 7.11 Å². The van der Waals surface area contributed by atoms with Gasteiger partial charge < -0.3 is 10.1 Å². The Morgan fingerprint density at radius 1 is 1.40 bits per heavy atom. The molecule has 2 nitrogen and oxygen atoms in total. The first-order valence-electron chi connectivity index (χ1n) is 5.66. The Labute approximate surface area is 91.6 Å². The molecule has 0 radical (unpaired) electrons. The molecule has 1 aromatic rings. The summed E-state index contributed by atoms with van der Waals surface area (Å²) in [5.41, 5.74) is 2.61. The minimum atomic E-state index is 0.810. The van der Waals surface area contributed by atoms with Crippen LogP contribution in [-0.4, -0.2) is 19.7 Å². The second-order valence-corrected chi connectivity index (χ2v) is 4.28. The highest BCUT2D eigenvalue weighted by Crippen LogP contribution is 2.20. The predicted molar refractivity (Wildman–Crippen MR) is 62.5 cm³/mol. The Hall–Kier alpha value is -1.02. The molecule has 1 aliphatic rings. The van der Waals surface area contributed by atoms with Gasteiger partial charge in [-0.05, 0) is 49.9 Å². The van der Waals surface area contributed by atoms with Crippen LogP contribution in [0.2, 0.25) is 0 Å². The Kier molecular flexibility index (Phi) is 3.27. The molecule has 0 spiro atoms. The van der Waals surface area contributed by atoms with Crippen LogP contribution in [0, 0.1) is 6.92 Å². The molecule has 1 N–H and O–H groups in total. The van der Waals surface area contributed by atoms with E-state index < -0.39 is 0 Å². The maximum absolute atomic E-state index is 5.24. The number of hydrogen-bond acceptors (Lipinski definition) is 2. The molecular formula is C13H19NO. The zero-order valence-electron chi connectivity index (χ0n) is 9.55. The molecule has 0 amide bonds. The lowest BCUT2D eigenvalue weighted by atomic mass is 10.1. The molecule has 15 heavy (non-hydrogen) atoms. The Morgan fingerprint density at radius 3 is 2.80 bits per heavy atom. The minimum absolute atomic E-state index is 0.810. The van der Waals surface area contributed by atoms with E-state index >= 15 is 0 Å². The van der Waals surface area contributed by atoms with Gasteiger partial charge in [-0.15, -0.1) is 0 Å². The summed E-state index contributed by atoms with van der Waals surface area (Å²) in [4.78, 5) is 0. The molecule has 82 valence electrons. The third-order valence-corrected chi connectivity index (χ3v) is 2.88. The summed E-state index contributed by atoms with van der Waals surface area (Å²) in [6.07, 6.45) is 3.84. The van der Waals surface area contributed by atoms with Crippen molar-refractivity contribution in [1.82, 2.24) is 5.32 Å². The van der Waals surface area contributed by atoms with Gasteiger partial charge in [-0.2, -0.15) is 0 Å². The molecule has 0 saturated heterocycles. The summed E-state index contributed by atoms with van der Waals surface area (Å²) >= 11 is 0. The molecule has 0 aliphatic heterocycles. The van der Waals surface area contributed by atoms with Crippen LogP contribution >= 0.6 is 0 Å². The molecule has 0 bridgehead atoms. The van der Waals surface area contributed by atoms with Crippen molar-refractivity contribution >= 4 is 0 Å². The molecule has 2 heteroatoms. The molecule has 1 aliphatic carbocycles. The van der Waals surface area contributed by atoms with Crippen molar-refractivity contribution in [2.45, 2.75) is 32.2 Å². The lowest BCUT2D eigenvalue weighted by molar-refractivity contribution is 0.411. The van der Waals surface area contributed by atoms with Crippen molar-refractivity contribution in [3.05, 3.63) is 29.3 Å². The number of ether oxygens (including phenoxy) is 1. The van der Waals surface area contributed by atoms with Gasteiger partial charge in [-0.25, -0.2) is 0 Å². The zero-order valence-corrected chi connectivity index (χ0v) is 9.55. The van der Waals surface area contributed by atoms with Crippen LogP contribution in [0.15, 0.2) is 18.2 Å². The van der Waals surface area contributed by atoms with Gasteiger partial charge >= 0.3 is 0 Å². The molecule has 0 aromatic heterocycles. The summed E-state index contributed by atoms with van der Waals surface area (Å²) in [6.45, 7) is 3.19. The lowest BCUT2D eigenvalue weighted by Gasteiger charge is -2.07. The van der Waals surface area contributed by atoms with E-state index in [0.717, 1.165) is 24.8 Å². The normalized spacial score (nSPS) is 15.3. The highest BCUT2D eigenvalue weighted by Gasteiger charge is 2.19. The summed E-state index contributed by atoms with van der Waals surface area (Å²) in [6, 6.07) is 7.24. The fourth-order valence-corrected chi connectivity index (χ4v) is 1.80. The van der Waals surface area contributed by atoms with E-state index in [2.05, 4.69) is 30.4 Å². The molecule has 0 unspecified atom stereocenters. The lowest BCUT2D eigenvalue weighted by Crippen LogP contribution is -2.19. The number of methoxy groups -OCH3 is 1. The molecule has 1 saturated carbocycles. The average molecular weight is 205 g/mol. The number of nitrogens with one attached hydrogen (secondary N) is 1. The highest BCUT2D eigenvalue weighted by atomic mass is 16.5. The first-order valence-corrected chi connectivity index (χ1v) is 5.66. The van der Waals surface area contributed by atoms with Crippen LogP contribution < -0.4 is 10.1 Å². The first-order chi connectivity index (χ1) is 7.29. The molecule has 0 atom stereocenters. The van der Waals surface area contributed by atoms with E-state index in [1.807, 2.05) is 0 Å². The number of rotatable bonds is 5. The van der Waals surface area contributed by atoms with E-state index in [-0.39, 0.29) is 0 Å². The van der Waals surface area contributed by atoms with Crippen LogP contribution in [0.4, 0.5) is 0 Å². The van der Waals surface area contributed by atoms with Crippen LogP contribution in [-0.2, 0) is 6.42 Å². The minimum Gasteiger partial charge on any atom is -0.496 e. The van der Waals surface area contributed by atoms with Crippen molar-refractivity contribution in [1.29, 1.82) is 0 Å². The SMILES string of the molecule is COc1ccc(CCNC2CC2)cc1C. The number of benzene rings is 1. The Bertz CT molecular complexity index is 331. The van der Waals surface area contributed by atoms with Gasteiger partial charge in [-0.1, -0.05) is 12.1 Å². The Balaban J connectivity index is 1.87. The summed E-state index contributed by atoms with van der Waals surface area (Å²) in [5, 5.41) is 3.52. The third-order valence-electron chi connectivity index (χ3n) is 2.88. The van der Waals surface area contributed by atoms with Crippen LogP contribution in [0.5, 0.6) is 5.75 Å². The van der Waals surface area contributed by atoms with Crippen LogP contribution in [0.25, 0.3) is 0 Å². The zero-order chi connectivity index (χ0) is 10.7. The van der Waals surface area contributed by atoms with Crippen molar-refractivity contribution in [3.63, 3.8) is 0 Å². The largest absolute Gasteiger partial charge is 0.496 e. The standard InChI is InChI=1S/C13H19NO/c1-10-9-11(3-6-13(10)15-2)7-8-14-12-4-5-12/h3,6,9,12,14H,4-5,7-8H2,1-2H3. The van der Waals surface area contributed by atoms with Gasteiger partial charge in [0.2, 0.25) is 0 Å². The van der Waals surface area contributed by atoms with E-state index in [4.69, 9.17) is 4.74 Å². The monoisotopic (exact) mass is 205 g/mol. The van der Waals surface area contributed by atoms with Gasteiger partial charge in [0.1, 0.15) is 5.75 Å². The maximum atomic E-state index is 5.24. The molecule has 0 heterocycles. The molecule has 1 fully saturated rings. The second kappa shape index (κ2) is 4.67. The van der Waals surface area contributed by atoms with Crippen molar-refractivity contribution in [2.75, 3.05) is 13.7 Å². The number of hydrogen-bond donors (Lipinski definition) is 1. The second-order valence-electron chi connectivity index (χ2n) is 4.28. The smallest absolute Gasteiger partial charge is 0.121 e. The maximum Gasteiger partial charge on any atom is 0.121 e. The van der Waals surface area contributed by atoms with Gasteiger partial charge in [0, 0.05) is 6.04 Å². The van der Waals surface area contributed by atoms with Gasteiger partial charge in [0.05, 0.1) is 7.11 Å². The predicted octanol–water partition coefficient (Wildman–Crippen LogP) is 2.30. The average Bonchev–Trinajstić information content (AvgIpc) is 3.02. The number of aryl methyl sites for hydroxylation is 1. The first kappa shape index (κ1) is 10.5. The van der Waals surface area contributed by atoms with Gasteiger partial charge in [-0.3, -0.25) is 0 Å². The summed E-state index contributed by atoms with van der Waals surface area (Å²) in [5.74, 6) is 0.980. The van der Waals surface area contributed by atoms with Gasteiger partial charge in [0.25, 0.3) is 0 Å². The van der Waals surface area contributed by atoms with E-state index in [0.29, 0.717) is 0 Å². The molecular weight excluding hydrogens is 186 g/mol. The summed E-state index contributed by atoms with van der Waals surface area (Å²) in [7, 11) is 1.72. The van der Waals surface area contributed by atoms with E-state index in [1.165, 1.54) is 24.0 Å². The van der Waals surface area contributed by atoms with Crippen molar-refractivity contribution < 1.29 is 4.74 Å². The Morgan fingerprint density at radius 2 is 2.20 bits per heavy atom. The van der Waals surface area contributed by atoms with Gasteiger partial charge in [0.15, 0.2) is 0 Å². The quantitative estimate of drug-likeness (QED) is 0.796. The molecule has 2 rings (SSSR count).